The van der Waals surface area contributed by atoms with E-state index >= 15 is 0 Å². The first-order valence-electron chi connectivity index (χ1n) is 8.84. The third kappa shape index (κ3) is 2.87. The van der Waals surface area contributed by atoms with E-state index in [4.69, 9.17) is 14.2 Å². The monoisotopic (exact) mass is 366 g/mol. The van der Waals surface area contributed by atoms with Crippen LogP contribution in [0.4, 0.5) is 0 Å². The first-order chi connectivity index (χ1) is 13.2. The fourth-order valence-electron chi connectivity index (χ4n) is 3.75. The Bertz CT molecular complexity index is 984. The van der Waals surface area contributed by atoms with E-state index in [9.17, 15) is 4.79 Å². The largest absolute Gasteiger partial charge is 0.493 e. The number of hydrogen-bond acceptors (Lipinski definition) is 4. The zero-order valence-electron chi connectivity index (χ0n) is 15.7. The Hall–Kier alpha value is -3.15. The lowest BCUT2D eigenvalue weighted by atomic mass is 10.0. The molecular formula is C21H22N2O4. The molecule has 1 aromatic heterocycles. The Morgan fingerprint density at radius 2 is 1.74 bits per heavy atom. The molecule has 6 heteroatoms. The lowest BCUT2D eigenvalue weighted by molar-refractivity contribution is 0.0732. The smallest absolute Gasteiger partial charge is 0.254 e. The number of amides is 1. The number of carbonyl (C=O) groups is 1. The van der Waals surface area contributed by atoms with Gasteiger partial charge in [0.25, 0.3) is 5.91 Å². The highest BCUT2D eigenvalue weighted by molar-refractivity contribution is 5.96. The van der Waals surface area contributed by atoms with Gasteiger partial charge in [0.15, 0.2) is 11.5 Å². The second-order valence-electron chi connectivity index (χ2n) is 6.52. The van der Waals surface area contributed by atoms with Crippen LogP contribution in [0.3, 0.4) is 0 Å². The van der Waals surface area contributed by atoms with Gasteiger partial charge >= 0.3 is 0 Å². The maximum Gasteiger partial charge on any atom is 0.254 e. The molecule has 1 amide bonds. The molecule has 0 atom stereocenters. The Balaban J connectivity index is 1.66. The summed E-state index contributed by atoms with van der Waals surface area (Å²) >= 11 is 0. The maximum atomic E-state index is 13.1. The van der Waals surface area contributed by atoms with Crippen LogP contribution < -0.4 is 14.2 Å². The second-order valence-corrected chi connectivity index (χ2v) is 6.52. The number of H-pyrrole nitrogens is 1. The van der Waals surface area contributed by atoms with Crippen LogP contribution in [0, 0.1) is 0 Å². The quantitative estimate of drug-likeness (QED) is 0.769. The Morgan fingerprint density at radius 3 is 2.41 bits per heavy atom. The topological polar surface area (TPSA) is 63.8 Å². The number of methoxy groups -OCH3 is 3. The molecule has 1 aliphatic heterocycles. The first kappa shape index (κ1) is 17.3. The van der Waals surface area contributed by atoms with Crippen LogP contribution in [0.1, 0.15) is 21.6 Å². The number of nitrogens with zero attached hydrogens (tertiary/aromatic N) is 1. The highest BCUT2D eigenvalue weighted by Crippen LogP contribution is 2.39. The van der Waals surface area contributed by atoms with Crippen molar-refractivity contribution in [3.8, 4) is 17.2 Å². The van der Waals surface area contributed by atoms with Crippen molar-refractivity contribution in [1.82, 2.24) is 9.88 Å². The minimum Gasteiger partial charge on any atom is -0.493 e. The summed E-state index contributed by atoms with van der Waals surface area (Å²) in [6.07, 6.45) is 0.829. The maximum absolute atomic E-state index is 13.1. The van der Waals surface area contributed by atoms with Gasteiger partial charge in [-0.3, -0.25) is 4.79 Å². The molecule has 1 aliphatic rings. The van der Waals surface area contributed by atoms with E-state index < -0.39 is 0 Å². The average Bonchev–Trinajstić information content (AvgIpc) is 3.09. The normalized spacial score (nSPS) is 13.4. The molecule has 0 saturated heterocycles. The van der Waals surface area contributed by atoms with E-state index in [2.05, 4.69) is 17.1 Å². The lowest BCUT2D eigenvalue weighted by Gasteiger charge is -2.27. The van der Waals surface area contributed by atoms with Crippen molar-refractivity contribution < 1.29 is 19.0 Å². The van der Waals surface area contributed by atoms with Crippen molar-refractivity contribution in [3.05, 3.63) is 53.2 Å². The molecular weight excluding hydrogens is 344 g/mol. The zero-order chi connectivity index (χ0) is 19.0. The SMILES string of the molecule is COc1cc(C(=O)N2CCc3c([nH]c4ccccc34)C2)cc(OC)c1OC. The summed E-state index contributed by atoms with van der Waals surface area (Å²) in [5, 5.41) is 1.24. The van der Waals surface area contributed by atoms with Crippen molar-refractivity contribution in [3.63, 3.8) is 0 Å². The molecule has 0 bridgehead atoms. The highest BCUT2D eigenvalue weighted by Gasteiger charge is 2.26. The van der Waals surface area contributed by atoms with Crippen LogP contribution in [0.15, 0.2) is 36.4 Å². The molecule has 2 heterocycles. The van der Waals surface area contributed by atoms with Crippen molar-refractivity contribution in [2.75, 3.05) is 27.9 Å². The van der Waals surface area contributed by atoms with Crippen molar-refractivity contribution >= 4 is 16.8 Å². The Labute approximate surface area is 157 Å². The van der Waals surface area contributed by atoms with Gasteiger partial charge in [-0.2, -0.15) is 0 Å². The van der Waals surface area contributed by atoms with E-state index in [1.165, 1.54) is 10.9 Å². The van der Waals surface area contributed by atoms with Gasteiger partial charge in [0.1, 0.15) is 0 Å². The summed E-state index contributed by atoms with van der Waals surface area (Å²) in [6, 6.07) is 11.7. The molecule has 0 saturated carbocycles. The number of benzene rings is 2. The Kier molecular flexibility index (Phi) is 4.39. The number of ether oxygens (including phenoxy) is 3. The minimum absolute atomic E-state index is 0.0569. The van der Waals surface area contributed by atoms with Gasteiger partial charge < -0.3 is 24.1 Å². The number of para-hydroxylation sites is 1. The van der Waals surface area contributed by atoms with Gasteiger partial charge in [-0.1, -0.05) is 18.2 Å². The van der Waals surface area contributed by atoms with E-state index in [-0.39, 0.29) is 5.91 Å². The summed E-state index contributed by atoms with van der Waals surface area (Å²) < 4.78 is 16.1. The second kappa shape index (κ2) is 6.87. The van der Waals surface area contributed by atoms with Crippen molar-refractivity contribution in [2.24, 2.45) is 0 Å². The summed E-state index contributed by atoms with van der Waals surface area (Å²) in [6.45, 7) is 1.23. The van der Waals surface area contributed by atoms with E-state index in [0.29, 0.717) is 35.9 Å². The van der Waals surface area contributed by atoms with Crippen LogP contribution in [0.2, 0.25) is 0 Å². The zero-order valence-corrected chi connectivity index (χ0v) is 15.7. The molecule has 3 aromatic rings. The van der Waals surface area contributed by atoms with Gasteiger partial charge in [-0.15, -0.1) is 0 Å². The third-order valence-electron chi connectivity index (χ3n) is 5.08. The number of fused-ring (bicyclic) bond motifs is 3. The lowest BCUT2D eigenvalue weighted by Crippen LogP contribution is -2.35. The summed E-state index contributed by atoms with van der Waals surface area (Å²) in [5.74, 6) is 1.37. The van der Waals surface area contributed by atoms with Crippen LogP contribution in [0.25, 0.3) is 10.9 Å². The van der Waals surface area contributed by atoms with Crippen LogP contribution in [0.5, 0.6) is 17.2 Å². The standard InChI is InChI=1S/C21H22N2O4/c1-25-18-10-13(11-19(26-2)20(18)27-3)21(24)23-9-8-15-14-6-4-5-7-16(14)22-17(15)12-23/h4-7,10-11,22H,8-9,12H2,1-3H3. The number of nitrogens with one attached hydrogen (secondary N) is 1. The predicted octanol–water partition coefficient (Wildman–Crippen LogP) is 3.39. The van der Waals surface area contributed by atoms with Crippen LogP contribution in [-0.4, -0.2) is 43.7 Å². The molecule has 4 rings (SSSR count). The Morgan fingerprint density at radius 1 is 1.04 bits per heavy atom. The summed E-state index contributed by atoms with van der Waals surface area (Å²) in [5.41, 5.74) is 4.04. The van der Waals surface area contributed by atoms with E-state index in [0.717, 1.165) is 17.6 Å². The van der Waals surface area contributed by atoms with Gasteiger partial charge in [-0.05, 0) is 30.2 Å². The van der Waals surface area contributed by atoms with Gasteiger partial charge in [0.05, 0.1) is 27.9 Å². The summed E-state index contributed by atoms with van der Waals surface area (Å²) in [7, 11) is 4.64. The minimum atomic E-state index is -0.0569. The van der Waals surface area contributed by atoms with Crippen molar-refractivity contribution in [2.45, 2.75) is 13.0 Å². The molecule has 0 spiro atoms. The molecule has 0 unspecified atom stereocenters. The fourth-order valence-corrected chi connectivity index (χ4v) is 3.75. The van der Waals surface area contributed by atoms with Gasteiger partial charge in [0.2, 0.25) is 5.75 Å². The molecule has 140 valence electrons. The molecule has 0 radical (unpaired) electrons. The summed E-state index contributed by atoms with van der Waals surface area (Å²) in [4.78, 5) is 18.4. The van der Waals surface area contributed by atoms with E-state index in [1.807, 2.05) is 17.0 Å². The first-order valence-corrected chi connectivity index (χ1v) is 8.84. The number of hydrogen-bond donors (Lipinski definition) is 1. The highest BCUT2D eigenvalue weighted by atomic mass is 16.5. The molecule has 6 nitrogen and oxygen atoms in total. The number of rotatable bonds is 4. The molecule has 0 fully saturated rings. The van der Waals surface area contributed by atoms with Crippen LogP contribution >= 0.6 is 0 Å². The molecule has 1 N–H and O–H groups in total. The fraction of sp³-hybridized carbons (Fsp3) is 0.286. The number of aromatic nitrogens is 1. The molecule has 2 aromatic carbocycles. The molecule has 27 heavy (non-hydrogen) atoms. The number of aromatic amines is 1. The third-order valence-corrected chi connectivity index (χ3v) is 5.08. The van der Waals surface area contributed by atoms with Gasteiger partial charge in [0, 0.05) is 28.7 Å². The number of carbonyl (C=O) groups excluding carboxylic acids is 1. The van der Waals surface area contributed by atoms with Gasteiger partial charge in [-0.25, -0.2) is 0 Å². The van der Waals surface area contributed by atoms with Crippen LogP contribution in [-0.2, 0) is 13.0 Å². The van der Waals surface area contributed by atoms with Crippen molar-refractivity contribution in [1.29, 1.82) is 0 Å². The van der Waals surface area contributed by atoms with E-state index in [1.54, 1.807) is 33.5 Å². The molecule has 0 aliphatic carbocycles. The average molecular weight is 366 g/mol. The predicted molar refractivity (Wildman–Crippen MR) is 103 cm³/mol.